The second-order valence-corrected chi connectivity index (χ2v) is 11.7. The Morgan fingerprint density at radius 3 is 2.27 bits per heavy atom. The minimum absolute atomic E-state index is 0.117. The van der Waals surface area contributed by atoms with Gasteiger partial charge in [-0.2, -0.15) is 0 Å². The molecule has 2 nitrogen and oxygen atoms in total. The van der Waals surface area contributed by atoms with Crippen LogP contribution in [0.2, 0.25) is 0 Å². The molecule has 0 radical (unpaired) electrons. The molecule has 1 aromatic heterocycles. The van der Waals surface area contributed by atoms with E-state index in [2.05, 4.69) is 157 Å². The van der Waals surface area contributed by atoms with Gasteiger partial charge in [0.15, 0.2) is 0 Å². The molecule has 5 aromatic carbocycles. The van der Waals surface area contributed by atoms with Gasteiger partial charge < -0.3 is 9.47 Å². The van der Waals surface area contributed by atoms with E-state index < -0.39 is 0 Å². The Hall–Kier alpha value is -4.82. The van der Waals surface area contributed by atoms with Crippen LogP contribution in [0.3, 0.4) is 0 Å². The number of aromatic nitrogens is 1. The Balaban J connectivity index is 1.41. The summed E-state index contributed by atoms with van der Waals surface area (Å²) < 4.78 is 2.48. The molecular formula is C39H32N2. The summed E-state index contributed by atoms with van der Waals surface area (Å²) in [5.41, 5.74) is 12.8. The number of nitrogens with zero attached hydrogens (tertiary/aromatic N) is 2. The van der Waals surface area contributed by atoms with Gasteiger partial charge >= 0.3 is 0 Å². The van der Waals surface area contributed by atoms with Crippen molar-refractivity contribution in [3.05, 3.63) is 145 Å². The summed E-state index contributed by atoms with van der Waals surface area (Å²) >= 11 is 0. The monoisotopic (exact) mass is 528 g/mol. The number of hydrogen-bond acceptors (Lipinski definition) is 1. The fourth-order valence-electron chi connectivity index (χ4n) is 7.19. The zero-order valence-electron chi connectivity index (χ0n) is 23.5. The lowest BCUT2D eigenvalue weighted by Crippen LogP contribution is -2.20. The Kier molecular flexibility index (Phi) is 5.33. The van der Waals surface area contributed by atoms with Crippen molar-refractivity contribution in [2.24, 2.45) is 0 Å². The molecule has 0 fully saturated rings. The van der Waals surface area contributed by atoms with Gasteiger partial charge in [-0.25, -0.2) is 0 Å². The van der Waals surface area contributed by atoms with E-state index in [1.165, 1.54) is 61.1 Å². The van der Waals surface area contributed by atoms with Crippen LogP contribution in [0.15, 0.2) is 133 Å². The van der Waals surface area contributed by atoms with Crippen molar-refractivity contribution in [3.63, 3.8) is 0 Å². The van der Waals surface area contributed by atoms with Gasteiger partial charge in [-0.15, -0.1) is 0 Å². The van der Waals surface area contributed by atoms with Crippen LogP contribution >= 0.6 is 0 Å². The van der Waals surface area contributed by atoms with Crippen LogP contribution in [-0.4, -0.2) is 4.57 Å². The normalized spacial score (nSPS) is 15.1. The lowest BCUT2D eigenvalue weighted by Gasteiger charge is -2.32. The molecule has 0 spiro atoms. The highest BCUT2D eigenvalue weighted by atomic mass is 15.1. The van der Waals surface area contributed by atoms with Gasteiger partial charge in [0.25, 0.3) is 0 Å². The van der Waals surface area contributed by atoms with E-state index >= 15 is 0 Å². The highest BCUT2D eigenvalue weighted by Gasteiger charge is 2.38. The summed E-state index contributed by atoms with van der Waals surface area (Å²) in [5, 5.41) is 2.59. The van der Waals surface area contributed by atoms with Crippen molar-refractivity contribution in [1.82, 2.24) is 4.57 Å². The molecule has 0 amide bonds. The maximum Gasteiger partial charge on any atom is 0.0558 e. The van der Waals surface area contributed by atoms with Crippen LogP contribution in [0.5, 0.6) is 0 Å². The molecule has 2 aliphatic carbocycles. The van der Waals surface area contributed by atoms with Gasteiger partial charge in [-0.3, -0.25) is 0 Å². The number of benzene rings is 5. The molecule has 8 rings (SSSR count). The SMILES string of the molecule is CC1(C)c2ccccc2-c2cccc(N(c3ccccc3)c3ccc4c5ccccc5n(C5=CC=CCC5)c4c3)c21. The fourth-order valence-corrected chi connectivity index (χ4v) is 7.19. The van der Waals surface area contributed by atoms with E-state index in [-0.39, 0.29) is 5.41 Å². The van der Waals surface area contributed by atoms with Gasteiger partial charge in [-0.1, -0.05) is 105 Å². The van der Waals surface area contributed by atoms with E-state index in [0.717, 1.165) is 18.5 Å². The molecule has 0 aliphatic heterocycles. The fraction of sp³-hybridized carbons (Fsp3) is 0.128. The topological polar surface area (TPSA) is 8.17 Å². The number of rotatable bonds is 4. The van der Waals surface area contributed by atoms with Gasteiger partial charge in [0, 0.05) is 33.3 Å². The highest BCUT2D eigenvalue weighted by Crippen LogP contribution is 2.54. The standard InChI is InChI=1S/C39H32N2/c1-39(2)34-21-11-9-18-30(34)33-20-13-23-36(38(33)39)40(27-14-5-3-6-15-27)29-24-25-32-31-19-10-12-22-35(31)41(37(32)26-29)28-16-7-4-8-17-28/h3-7,9-16,18-26H,8,17H2,1-2H3. The van der Waals surface area contributed by atoms with Gasteiger partial charge in [-0.05, 0) is 77.6 Å². The summed E-state index contributed by atoms with van der Waals surface area (Å²) in [6.45, 7) is 4.74. The number of hydrogen-bond donors (Lipinski definition) is 0. The minimum atomic E-state index is -0.117. The first-order valence-corrected chi connectivity index (χ1v) is 14.6. The Morgan fingerprint density at radius 2 is 1.41 bits per heavy atom. The summed E-state index contributed by atoms with van der Waals surface area (Å²) in [4.78, 5) is 2.46. The summed E-state index contributed by atoms with van der Waals surface area (Å²) in [5.74, 6) is 0. The molecule has 2 heteroatoms. The minimum Gasteiger partial charge on any atom is -0.313 e. The molecule has 198 valence electrons. The first-order valence-electron chi connectivity index (χ1n) is 14.6. The van der Waals surface area contributed by atoms with Crippen LogP contribution in [0.25, 0.3) is 38.6 Å². The molecule has 0 atom stereocenters. The Bertz CT molecular complexity index is 2020. The van der Waals surface area contributed by atoms with Gasteiger partial charge in [0.2, 0.25) is 0 Å². The number of anilines is 3. The zero-order chi connectivity index (χ0) is 27.6. The van der Waals surface area contributed by atoms with Crippen molar-refractivity contribution in [1.29, 1.82) is 0 Å². The van der Waals surface area contributed by atoms with Crippen LogP contribution in [-0.2, 0) is 5.41 Å². The Morgan fingerprint density at radius 1 is 0.659 bits per heavy atom. The summed E-state index contributed by atoms with van der Waals surface area (Å²) in [7, 11) is 0. The zero-order valence-corrected chi connectivity index (χ0v) is 23.5. The molecule has 0 saturated carbocycles. The van der Waals surface area contributed by atoms with Crippen LogP contribution < -0.4 is 4.90 Å². The maximum atomic E-state index is 2.48. The van der Waals surface area contributed by atoms with Crippen LogP contribution in [0.1, 0.15) is 37.8 Å². The average Bonchev–Trinajstić information content (AvgIpc) is 3.47. The molecule has 0 unspecified atom stereocenters. The van der Waals surface area contributed by atoms with Crippen molar-refractivity contribution in [2.75, 3.05) is 4.90 Å². The third-order valence-corrected chi connectivity index (χ3v) is 9.01. The van der Waals surface area contributed by atoms with E-state index in [1.54, 1.807) is 0 Å². The molecule has 0 bridgehead atoms. The molecule has 2 aliphatic rings. The van der Waals surface area contributed by atoms with Gasteiger partial charge in [0.1, 0.15) is 0 Å². The average molecular weight is 529 g/mol. The Labute approximate surface area is 241 Å². The van der Waals surface area contributed by atoms with Crippen molar-refractivity contribution < 1.29 is 0 Å². The summed E-state index contributed by atoms with van der Waals surface area (Å²) in [6.07, 6.45) is 8.85. The van der Waals surface area contributed by atoms with Crippen molar-refractivity contribution >= 4 is 44.6 Å². The van der Waals surface area contributed by atoms with Gasteiger partial charge in [0.05, 0.1) is 16.7 Å². The third kappa shape index (κ3) is 3.57. The molecule has 0 saturated heterocycles. The highest BCUT2D eigenvalue weighted by molar-refractivity contribution is 6.11. The largest absolute Gasteiger partial charge is 0.313 e. The number of para-hydroxylation sites is 2. The molecule has 0 N–H and O–H groups in total. The predicted octanol–water partition coefficient (Wildman–Crippen LogP) is 10.8. The quantitative estimate of drug-likeness (QED) is 0.221. The molecule has 1 heterocycles. The lowest BCUT2D eigenvalue weighted by atomic mass is 9.81. The van der Waals surface area contributed by atoms with Crippen molar-refractivity contribution in [2.45, 2.75) is 32.1 Å². The van der Waals surface area contributed by atoms with Crippen molar-refractivity contribution in [3.8, 4) is 11.1 Å². The number of allylic oxidation sites excluding steroid dienone is 4. The predicted molar refractivity (Wildman–Crippen MR) is 174 cm³/mol. The van der Waals surface area contributed by atoms with E-state index in [4.69, 9.17) is 0 Å². The smallest absolute Gasteiger partial charge is 0.0558 e. The maximum absolute atomic E-state index is 2.48. The first kappa shape index (κ1) is 24.0. The van der Waals surface area contributed by atoms with E-state index in [1.807, 2.05) is 0 Å². The number of fused-ring (bicyclic) bond motifs is 6. The molecule has 41 heavy (non-hydrogen) atoms. The molecule has 6 aromatic rings. The first-order chi connectivity index (χ1) is 20.1. The van der Waals surface area contributed by atoms with E-state index in [9.17, 15) is 0 Å². The second-order valence-electron chi connectivity index (χ2n) is 11.7. The second kappa shape index (κ2) is 9.11. The lowest BCUT2D eigenvalue weighted by molar-refractivity contribution is 0.661. The van der Waals surface area contributed by atoms with E-state index in [0.29, 0.717) is 0 Å². The summed E-state index contributed by atoms with van der Waals surface area (Å²) in [6, 6.07) is 42.4. The van der Waals surface area contributed by atoms with Crippen LogP contribution in [0.4, 0.5) is 17.1 Å². The molecular weight excluding hydrogens is 496 g/mol. The third-order valence-electron chi connectivity index (χ3n) is 9.01. The van der Waals surface area contributed by atoms with Crippen LogP contribution in [0, 0.1) is 0 Å².